The molecule has 1 aromatic carbocycles. The molecule has 6 heteroatoms. The zero-order valence-corrected chi connectivity index (χ0v) is 10.2. The summed E-state index contributed by atoms with van der Waals surface area (Å²) in [6, 6.07) is 3.67. The number of carbonyl (C=O) groups excluding carboxylic acids is 1. The molecule has 0 atom stereocenters. The number of nitrogens with two attached hydrogens (primary N) is 1. The molecule has 0 fully saturated rings. The van der Waals surface area contributed by atoms with Gasteiger partial charge in [-0.1, -0.05) is 15.9 Å². The van der Waals surface area contributed by atoms with Gasteiger partial charge in [0.15, 0.2) is 0 Å². The van der Waals surface area contributed by atoms with Gasteiger partial charge in [-0.15, -0.1) is 0 Å². The van der Waals surface area contributed by atoms with E-state index in [9.17, 15) is 4.79 Å². The number of nitrogens with zero attached hydrogens (tertiary/aromatic N) is 2. The van der Waals surface area contributed by atoms with Gasteiger partial charge in [0.2, 0.25) is 0 Å². The monoisotopic (exact) mass is 283 g/mol. The molecule has 2 N–H and O–H groups in total. The van der Waals surface area contributed by atoms with E-state index in [-0.39, 0.29) is 12.5 Å². The van der Waals surface area contributed by atoms with Crippen molar-refractivity contribution in [3.05, 3.63) is 22.8 Å². The van der Waals surface area contributed by atoms with Crippen LogP contribution in [-0.4, -0.2) is 22.9 Å². The first kappa shape index (κ1) is 10.9. The van der Waals surface area contributed by atoms with Crippen molar-refractivity contribution in [2.45, 2.75) is 6.54 Å². The van der Waals surface area contributed by atoms with Crippen LogP contribution in [0.15, 0.2) is 22.8 Å². The molecule has 0 amide bonds. The summed E-state index contributed by atoms with van der Waals surface area (Å²) in [5.41, 5.74) is 7.20. The van der Waals surface area contributed by atoms with E-state index in [1.807, 2.05) is 6.07 Å². The molecule has 0 unspecified atom stereocenters. The SMILES string of the molecule is COC(=O)Cn1ncc2cc(Br)cc(N)c21. The molecule has 5 nitrogen and oxygen atoms in total. The highest BCUT2D eigenvalue weighted by Crippen LogP contribution is 2.25. The minimum absolute atomic E-state index is 0.0613. The third-order valence-electron chi connectivity index (χ3n) is 2.23. The number of ether oxygens (including phenoxy) is 1. The number of nitrogen functional groups attached to an aromatic ring is 1. The van der Waals surface area contributed by atoms with E-state index in [0.717, 1.165) is 15.4 Å². The van der Waals surface area contributed by atoms with E-state index in [1.165, 1.54) is 11.8 Å². The minimum atomic E-state index is -0.354. The molecular weight excluding hydrogens is 274 g/mol. The Bertz CT molecular complexity index is 550. The number of anilines is 1. The average molecular weight is 284 g/mol. The Balaban J connectivity index is 2.52. The Labute approximate surface area is 100 Å². The number of halogens is 1. The molecule has 84 valence electrons. The van der Waals surface area contributed by atoms with Gasteiger partial charge in [-0.05, 0) is 12.1 Å². The van der Waals surface area contributed by atoms with Gasteiger partial charge >= 0.3 is 5.97 Å². The molecule has 0 aliphatic carbocycles. The molecular formula is C10H10BrN3O2. The van der Waals surface area contributed by atoms with Crippen LogP contribution in [0.5, 0.6) is 0 Å². The summed E-state index contributed by atoms with van der Waals surface area (Å²) in [4.78, 5) is 11.2. The van der Waals surface area contributed by atoms with Crippen molar-refractivity contribution in [2.75, 3.05) is 12.8 Å². The normalized spacial score (nSPS) is 10.6. The standard InChI is InChI=1S/C10H10BrN3O2/c1-16-9(15)5-14-10-6(4-13-14)2-7(11)3-8(10)12/h2-4H,5,12H2,1H3. The van der Waals surface area contributed by atoms with Crippen molar-refractivity contribution >= 4 is 38.5 Å². The number of benzene rings is 1. The number of rotatable bonds is 2. The Morgan fingerprint density at radius 1 is 1.62 bits per heavy atom. The molecule has 16 heavy (non-hydrogen) atoms. The summed E-state index contributed by atoms with van der Waals surface area (Å²) in [6.45, 7) is 0.0613. The van der Waals surface area contributed by atoms with Crippen molar-refractivity contribution in [3.8, 4) is 0 Å². The Morgan fingerprint density at radius 2 is 2.38 bits per heavy atom. The van der Waals surface area contributed by atoms with Gasteiger partial charge in [-0.2, -0.15) is 5.10 Å². The van der Waals surface area contributed by atoms with Crippen LogP contribution in [0.1, 0.15) is 0 Å². The van der Waals surface area contributed by atoms with Crippen LogP contribution in [0.4, 0.5) is 5.69 Å². The largest absolute Gasteiger partial charge is 0.468 e. The van der Waals surface area contributed by atoms with Crippen LogP contribution < -0.4 is 5.73 Å². The number of hydrogen-bond acceptors (Lipinski definition) is 4. The quantitative estimate of drug-likeness (QED) is 0.671. The number of aromatic nitrogens is 2. The van der Waals surface area contributed by atoms with E-state index in [0.29, 0.717) is 5.69 Å². The molecule has 0 aliphatic rings. The number of esters is 1. The summed E-state index contributed by atoms with van der Waals surface area (Å²) in [5, 5.41) is 4.99. The third-order valence-corrected chi connectivity index (χ3v) is 2.69. The molecule has 0 spiro atoms. The summed E-state index contributed by atoms with van der Waals surface area (Å²) in [5.74, 6) is -0.354. The van der Waals surface area contributed by atoms with Crippen molar-refractivity contribution in [3.63, 3.8) is 0 Å². The van der Waals surface area contributed by atoms with Crippen molar-refractivity contribution in [2.24, 2.45) is 0 Å². The van der Waals surface area contributed by atoms with Gasteiger partial charge in [0.25, 0.3) is 0 Å². The lowest BCUT2D eigenvalue weighted by atomic mass is 10.2. The summed E-state index contributed by atoms with van der Waals surface area (Å²) < 4.78 is 7.00. The first-order valence-corrected chi connectivity index (χ1v) is 5.38. The van der Waals surface area contributed by atoms with Gasteiger partial charge in [-0.3, -0.25) is 9.48 Å². The Kier molecular flexibility index (Phi) is 2.82. The second-order valence-corrected chi connectivity index (χ2v) is 4.23. The molecule has 1 aromatic heterocycles. The van der Waals surface area contributed by atoms with Gasteiger partial charge in [-0.25, -0.2) is 0 Å². The second-order valence-electron chi connectivity index (χ2n) is 3.31. The van der Waals surface area contributed by atoms with Crippen LogP contribution in [-0.2, 0) is 16.1 Å². The molecule has 0 bridgehead atoms. The maximum absolute atomic E-state index is 11.2. The van der Waals surface area contributed by atoms with Gasteiger partial charge in [0.1, 0.15) is 6.54 Å². The predicted octanol–water partition coefficient (Wildman–Crippen LogP) is 1.55. The van der Waals surface area contributed by atoms with Crippen molar-refractivity contribution in [1.29, 1.82) is 0 Å². The van der Waals surface area contributed by atoms with E-state index >= 15 is 0 Å². The van der Waals surface area contributed by atoms with Crippen molar-refractivity contribution in [1.82, 2.24) is 9.78 Å². The molecule has 0 saturated heterocycles. The van der Waals surface area contributed by atoms with E-state index in [4.69, 9.17) is 5.73 Å². The van der Waals surface area contributed by atoms with E-state index in [1.54, 1.807) is 12.3 Å². The molecule has 0 aliphatic heterocycles. The Morgan fingerprint density at radius 3 is 3.06 bits per heavy atom. The Hall–Kier alpha value is -1.56. The molecule has 2 rings (SSSR count). The van der Waals surface area contributed by atoms with Crippen LogP contribution >= 0.6 is 15.9 Å². The van der Waals surface area contributed by atoms with Crippen LogP contribution in [0.2, 0.25) is 0 Å². The lowest BCUT2D eigenvalue weighted by molar-refractivity contribution is -0.141. The second kappa shape index (κ2) is 4.13. The lowest BCUT2D eigenvalue weighted by Gasteiger charge is -2.04. The molecule has 2 aromatic rings. The third kappa shape index (κ3) is 1.88. The molecule has 0 radical (unpaired) electrons. The average Bonchev–Trinajstić information content (AvgIpc) is 2.61. The fourth-order valence-electron chi connectivity index (χ4n) is 1.53. The highest BCUT2D eigenvalue weighted by atomic mass is 79.9. The maximum Gasteiger partial charge on any atom is 0.327 e. The van der Waals surface area contributed by atoms with Crippen LogP contribution in [0, 0.1) is 0 Å². The topological polar surface area (TPSA) is 70.1 Å². The van der Waals surface area contributed by atoms with E-state index in [2.05, 4.69) is 25.8 Å². The highest BCUT2D eigenvalue weighted by molar-refractivity contribution is 9.10. The zero-order valence-electron chi connectivity index (χ0n) is 8.61. The number of fused-ring (bicyclic) bond motifs is 1. The molecule has 0 saturated carbocycles. The van der Waals surface area contributed by atoms with Crippen molar-refractivity contribution < 1.29 is 9.53 Å². The number of methoxy groups -OCH3 is 1. The van der Waals surface area contributed by atoms with Gasteiger partial charge in [0.05, 0.1) is 24.5 Å². The summed E-state index contributed by atoms with van der Waals surface area (Å²) in [7, 11) is 1.34. The summed E-state index contributed by atoms with van der Waals surface area (Å²) >= 11 is 3.35. The van der Waals surface area contributed by atoms with Crippen LogP contribution in [0.25, 0.3) is 10.9 Å². The smallest absolute Gasteiger partial charge is 0.327 e. The fourth-order valence-corrected chi connectivity index (χ4v) is 2.03. The predicted molar refractivity (Wildman–Crippen MR) is 63.9 cm³/mol. The number of hydrogen-bond donors (Lipinski definition) is 1. The molecule has 1 heterocycles. The van der Waals surface area contributed by atoms with E-state index < -0.39 is 0 Å². The summed E-state index contributed by atoms with van der Waals surface area (Å²) in [6.07, 6.45) is 1.67. The van der Waals surface area contributed by atoms with Crippen LogP contribution in [0.3, 0.4) is 0 Å². The van der Waals surface area contributed by atoms with Gasteiger partial charge in [0, 0.05) is 9.86 Å². The first-order chi connectivity index (χ1) is 7.61. The zero-order chi connectivity index (χ0) is 11.7. The fraction of sp³-hybridized carbons (Fsp3) is 0.200. The minimum Gasteiger partial charge on any atom is -0.468 e. The lowest BCUT2D eigenvalue weighted by Crippen LogP contribution is -2.13. The highest BCUT2D eigenvalue weighted by Gasteiger charge is 2.10. The first-order valence-electron chi connectivity index (χ1n) is 4.59. The van der Waals surface area contributed by atoms with Gasteiger partial charge < -0.3 is 10.5 Å². The number of carbonyl (C=O) groups is 1. The maximum atomic E-state index is 11.2.